The number of hydrogen-bond donors (Lipinski definition) is 3. The van der Waals surface area contributed by atoms with Crippen LogP contribution in [0.5, 0.6) is 5.75 Å². The molecule has 0 radical (unpaired) electrons. The smallest absolute Gasteiger partial charge is 0.408 e. The molecule has 38 heavy (non-hydrogen) atoms. The highest BCUT2D eigenvalue weighted by Crippen LogP contribution is 2.28. The Morgan fingerprint density at radius 1 is 0.974 bits per heavy atom. The molecule has 2 atom stereocenters. The SMILES string of the molecule is C#CN(C(=O)C(NC(=O)OC(C)(C)C)C(C)C)C(C(=O)Nc1ccc2ccccc2c1)c1cccc(O)c1. The van der Waals surface area contributed by atoms with Crippen LogP contribution in [0.25, 0.3) is 10.8 Å². The van der Waals surface area contributed by atoms with Crippen LogP contribution >= 0.6 is 0 Å². The lowest BCUT2D eigenvalue weighted by molar-refractivity contribution is -0.137. The Bertz CT molecular complexity index is 1370. The van der Waals surface area contributed by atoms with E-state index in [2.05, 4.69) is 16.7 Å². The maximum Gasteiger partial charge on any atom is 0.408 e. The van der Waals surface area contributed by atoms with Crippen molar-refractivity contribution in [1.82, 2.24) is 10.2 Å². The summed E-state index contributed by atoms with van der Waals surface area (Å²) in [6, 6.07) is 19.0. The molecule has 0 aliphatic carbocycles. The zero-order valence-electron chi connectivity index (χ0n) is 22.2. The Kier molecular flexibility index (Phi) is 8.64. The van der Waals surface area contributed by atoms with Gasteiger partial charge in [0.1, 0.15) is 23.4 Å². The summed E-state index contributed by atoms with van der Waals surface area (Å²) in [6.45, 7) is 8.62. The van der Waals surface area contributed by atoms with E-state index in [4.69, 9.17) is 11.2 Å². The molecule has 0 spiro atoms. The highest BCUT2D eigenvalue weighted by atomic mass is 16.6. The maximum absolute atomic E-state index is 13.7. The molecule has 0 bridgehead atoms. The van der Waals surface area contributed by atoms with Crippen LogP contribution in [0, 0.1) is 18.4 Å². The number of anilines is 1. The van der Waals surface area contributed by atoms with Gasteiger partial charge in [0, 0.05) is 11.7 Å². The van der Waals surface area contributed by atoms with Crippen molar-refractivity contribution in [3.8, 4) is 18.2 Å². The van der Waals surface area contributed by atoms with Crippen LogP contribution in [0.2, 0.25) is 0 Å². The van der Waals surface area contributed by atoms with Crippen molar-refractivity contribution >= 4 is 34.4 Å². The molecule has 3 aromatic carbocycles. The molecule has 2 unspecified atom stereocenters. The monoisotopic (exact) mass is 515 g/mol. The number of phenols is 1. The molecule has 0 saturated carbocycles. The molecule has 3 aromatic rings. The third-order valence-electron chi connectivity index (χ3n) is 5.69. The van der Waals surface area contributed by atoms with Crippen LogP contribution in [0.3, 0.4) is 0 Å². The largest absolute Gasteiger partial charge is 0.508 e. The summed E-state index contributed by atoms with van der Waals surface area (Å²) in [5.74, 6) is -1.73. The Hall–Kier alpha value is -4.51. The van der Waals surface area contributed by atoms with E-state index in [1.807, 2.05) is 36.4 Å². The summed E-state index contributed by atoms with van der Waals surface area (Å²) in [4.78, 5) is 40.8. The van der Waals surface area contributed by atoms with Gasteiger partial charge in [0.25, 0.3) is 11.8 Å². The first-order chi connectivity index (χ1) is 17.9. The molecule has 0 aliphatic heterocycles. The Labute approximate surface area is 223 Å². The average Bonchev–Trinajstić information content (AvgIpc) is 2.84. The number of rotatable bonds is 7. The number of phenolic OH excluding ortho intramolecular Hbond substituents is 1. The molecule has 0 aromatic heterocycles. The van der Waals surface area contributed by atoms with Gasteiger partial charge >= 0.3 is 6.09 Å². The standard InChI is InChI=1S/C30H33N3O5/c1-7-33(28(36)25(19(2)3)32-29(37)38-30(4,5)6)26(22-13-10-14-24(34)18-22)27(35)31-23-16-15-20-11-8-9-12-21(20)17-23/h1,8-19,25-26,34H,2-6H3,(H,31,35)(H,32,37). The quantitative estimate of drug-likeness (QED) is 0.296. The van der Waals surface area contributed by atoms with Crippen molar-refractivity contribution in [2.45, 2.75) is 52.3 Å². The second-order valence-corrected chi connectivity index (χ2v) is 10.3. The van der Waals surface area contributed by atoms with Crippen LogP contribution in [0.1, 0.15) is 46.2 Å². The minimum atomic E-state index is -1.30. The lowest BCUT2D eigenvalue weighted by atomic mass is 9.99. The maximum atomic E-state index is 13.7. The topological polar surface area (TPSA) is 108 Å². The van der Waals surface area contributed by atoms with Gasteiger partial charge in [-0.05, 0) is 67.3 Å². The van der Waals surface area contributed by atoms with E-state index in [9.17, 15) is 19.5 Å². The fourth-order valence-electron chi connectivity index (χ4n) is 3.95. The van der Waals surface area contributed by atoms with Gasteiger partial charge in [0.05, 0.1) is 0 Å². The number of nitrogens with one attached hydrogen (secondary N) is 2. The second-order valence-electron chi connectivity index (χ2n) is 10.3. The van der Waals surface area contributed by atoms with E-state index in [0.717, 1.165) is 15.7 Å². The summed E-state index contributed by atoms with van der Waals surface area (Å²) in [6.07, 6.45) is 5.01. The molecule has 0 saturated heterocycles. The predicted octanol–water partition coefficient (Wildman–Crippen LogP) is 5.19. The highest BCUT2D eigenvalue weighted by Gasteiger charge is 2.37. The van der Waals surface area contributed by atoms with Crippen LogP contribution in [0.4, 0.5) is 10.5 Å². The fourth-order valence-corrected chi connectivity index (χ4v) is 3.95. The Morgan fingerprint density at radius 3 is 2.26 bits per heavy atom. The third kappa shape index (κ3) is 7.04. The van der Waals surface area contributed by atoms with Crippen LogP contribution < -0.4 is 10.6 Å². The number of alkyl carbamates (subject to hydrolysis) is 1. The number of aromatic hydroxyl groups is 1. The summed E-state index contributed by atoms with van der Waals surface area (Å²) in [5, 5.41) is 17.5. The zero-order chi connectivity index (χ0) is 28.0. The molecule has 3 rings (SSSR count). The van der Waals surface area contributed by atoms with Gasteiger partial charge in [-0.25, -0.2) is 4.79 Å². The first kappa shape index (κ1) is 28.1. The van der Waals surface area contributed by atoms with E-state index in [1.165, 1.54) is 12.1 Å². The Balaban J connectivity index is 1.97. The number of hydrogen-bond acceptors (Lipinski definition) is 5. The van der Waals surface area contributed by atoms with Crippen molar-refractivity contribution in [2.24, 2.45) is 5.92 Å². The summed E-state index contributed by atoms with van der Waals surface area (Å²) in [5.41, 5.74) is 0.0366. The molecule has 0 heterocycles. The Morgan fingerprint density at radius 2 is 1.66 bits per heavy atom. The lowest BCUT2D eigenvalue weighted by Crippen LogP contribution is -2.53. The molecule has 0 fully saturated rings. The minimum Gasteiger partial charge on any atom is -0.508 e. The lowest BCUT2D eigenvalue weighted by Gasteiger charge is -2.31. The number of nitrogens with zero attached hydrogens (tertiary/aromatic N) is 1. The highest BCUT2D eigenvalue weighted by molar-refractivity contribution is 6.01. The van der Waals surface area contributed by atoms with Gasteiger partial charge in [-0.3, -0.25) is 14.5 Å². The van der Waals surface area contributed by atoms with Crippen LogP contribution in [0.15, 0.2) is 66.7 Å². The molecular weight excluding hydrogens is 482 g/mol. The molecule has 8 heteroatoms. The van der Waals surface area contributed by atoms with E-state index >= 15 is 0 Å². The van der Waals surface area contributed by atoms with Gasteiger partial charge < -0.3 is 20.5 Å². The van der Waals surface area contributed by atoms with Gasteiger partial charge in [-0.15, -0.1) is 0 Å². The van der Waals surface area contributed by atoms with E-state index in [-0.39, 0.29) is 11.7 Å². The number of fused-ring (bicyclic) bond motifs is 1. The van der Waals surface area contributed by atoms with E-state index in [0.29, 0.717) is 11.3 Å². The molecular formula is C30H33N3O5. The number of carbonyl (C=O) groups excluding carboxylic acids is 3. The predicted molar refractivity (Wildman–Crippen MR) is 147 cm³/mol. The number of carbonyl (C=O) groups is 3. The van der Waals surface area contributed by atoms with E-state index < -0.39 is 35.6 Å². The third-order valence-corrected chi connectivity index (χ3v) is 5.69. The number of benzene rings is 3. The molecule has 3 N–H and O–H groups in total. The van der Waals surface area contributed by atoms with Gasteiger partial charge in [0.2, 0.25) is 0 Å². The molecule has 198 valence electrons. The molecule has 0 aliphatic rings. The van der Waals surface area contributed by atoms with Crippen molar-refractivity contribution in [1.29, 1.82) is 0 Å². The summed E-state index contributed by atoms with van der Waals surface area (Å²) in [7, 11) is 0. The minimum absolute atomic E-state index is 0.0947. The van der Waals surface area contributed by atoms with Gasteiger partial charge in [0.15, 0.2) is 0 Å². The van der Waals surface area contributed by atoms with Gasteiger partial charge in [-0.1, -0.05) is 62.7 Å². The first-order valence-corrected chi connectivity index (χ1v) is 12.3. The van der Waals surface area contributed by atoms with Crippen molar-refractivity contribution in [2.75, 3.05) is 5.32 Å². The van der Waals surface area contributed by atoms with Crippen LogP contribution in [-0.4, -0.2) is 39.6 Å². The zero-order valence-corrected chi connectivity index (χ0v) is 22.2. The fraction of sp³-hybridized carbons (Fsp3) is 0.300. The normalized spacial score (nSPS) is 12.8. The van der Waals surface area contributed by atoms with Crippen molar-refractivity contribution in [3.05, 3.63) is 72.3 Å². The van der Waals surface area contributed by atoms with Crippen LogP contribution in [-0.2, 0) is 14.3 Å². The number of terminal acetylenes is 1. The van der Waals surface area contributed by atoms with E-state index in [1.54, 1.807) is 52.8 Å². The number of amides is 3. The molecule has 8 nitrogen and oxygen atoms in total. The summed E-state index contributed by atoms with van der Waals surface area (Å²) < 4.78 is 5.32. The first-order valence-electron chi connectivity index (χ1n) is 12.3. The van der Waals surface area contributed by atoms with Crippen molar-refractivity contribution < 1.29 is 24.2 Å². The van der Waals surface area contributed by atoms with Gasteiger partial charge in [-0.2, -0.15) is 0 Å². The average molecular weight is 516 g/mol. The summed E-state index contributed by atoms with van der Waals surface area (Å²) >= 11 is 0. The molecule has 3 amide bonds. The van der Waals surface area contributed by atoms with Crippen molar-refractivity contribution in [3.63, 3.8) is 0 Å². The number of ether oxygens (including phenoxy) is 1. The second kappa shape index (κ2) is 11.7.